The average Bonchev–Trinajstić information content (AvgIpc) is 2.71. The number of rotatable bonds is 2. The zero-order valence-electron chi connectivity index (χ0n) is 7.40. The molecule has 0 aliphatic rings. The predicted octanol–water partition coefficient (Wildman–Crippen LogP) is 2.41. The van der Waals surface area contributed by atoms with E-state index in [-0.39, 0.29) is 5.82 Å². The van der Waals surface area contributed by atoms with Crippen LogP contribution in [0.25, 0.3) is 10.4 Å². The van der Waals surface area contributed by atoms with Crippen molar-refractivity contribution in [2.24, 2.45) is 5.73 Å². The topological polar surface area (TPSA) is 38.9 Å². The van der Waals surface area contributed by atoms with Crippen LogP contribution in [0.1, 0.15) is 5.56 Å². The van der Waals surface area contributed by atoms with Crippen LogP contribution in [0, 0.1) is 5.82 Å². The molecule has 0 saturated heterocycles. The molecule has 1 aromatic carbocycles. The van der Waals surface area contributed by atoms with E-state index in [1.165, 1.54) is 17.6 Å². The van der Waals surface area contributed by atoms with Gasteiger partial charge in [0, 0.05) is 18.3 Å². The predicted molar refractivity (Wildman–Crippen MR) is 55.4 cm³/mol. The Morgan fingerprint density at radius 3 is 2.86 bits per heavy atom. The molecule has 0 aliphatic heterocycles. The lowest BCUT2D eigenvalue weighted by atomic mass is 10.1. The van der Waals surface area contributed by atoms with Gasteiger partial charge < -0.3 is 5.73 Å². The van der Waals surface area contributed by atoms with Gasteiger partial charge in [-0.15, -0.1) is 0 Å². The van der Waals surface area contributed by atoms with Crippen molar-refractivity contribution >= 4 is 11.5 Å². The van der Waals surface area contributed by atoms with Gasteiger partial charge in [0.1, 0.15) is 5.82 Å². The summed E-state index contributed by atoms with van der Waals surface area (Å²) in [6, 6.07) is 6.70. The first-order valence-corrected chi connectivity index (χ1v) is 4.98. The highest BCUT2D eigenvalue weighted by atomic mass is 32.1. The van der Waals surface area contributed by atoms with Gasteiger partial charge in [0.25, 0.3) is 0 Å². The van der Waals surface area contributed by atoms with Gasteiger partial charge >= 0.3 is 0 Å². The Balaban J connectivity index is 2.51. The summed E-state index contributed by atoms with van der Waals surface area (Å²) >= 11 is 1.28. The average molecular weight is 208 g/mol. The van der Waals surface area contributed by atoms with E-state index in [9.17, 15) is 4.39 Å². The highest BCUT2D eigenvalue weighted by molar-refractivity contribution is 7.09. The number of benzene rings is 1. The van der Waals surface area contributed by atoms with Gasteiger partial charge in [-0.3, -0.25) is 0 Å². The normalized spacial score (nSPS) is 10.4. The first-order chi connectivity index (χ1) is 6.81. The highest BCUT2D eigenvalue weighted by Crippen LogP contribution is 2.26. The summed E-state index contributed by atoms with van der Waals surface area (Å²) in [5.74, 6) is -0.230. The van der Waals surface area contributed by atoms with Crippen LogP contribution in [0.2, 0.25) is 0 Å². The molecular formula is C10H9FN2S. The Kier molecular flexibility index (Phi) is 2.56. The summed E-state index contributed by atoms with van der Waals surface area (Å²) in [5, 5.41) is 0. The first-order valence-electron chi connectivity index (χ1n) is 4.21. The first kappa shape index (κ1) is 9.30. The number of nitrogens with zero attached hydrogens (tertiary/aromatic N) is 1. The van der Waals surface area contributed by atoms with Crippen LogP contribution in [-0.4, -0.2) is 4.37 Å². The zero-order chi connectivity index (χ0) is 9.97. The maximum Gasteiger partial charge on any atom is 0.131 e. The molecule has 1 aromatic heterocycles. The van der Waals surface area contributed by atoms with Crippen molar-refractivity contribution in [1.29, 1.82) is 0 Å². The molecule has 0 aliphatic carbocycles. The Hall–Kier alpha value is -1.26. The number of hydrogen-bond acceptors (Lipinski definition) is 3. The largest absolute Gasteiger partial charge is 0.326 e. The van der Waals surface area contributed by atoms with E-state index >= 15 is 0 Å². The van der Waals surface area contributed by atoms with Crippen LogP contribution < -0.4 is 5.73 Å². The van der Waals surface area contributed by atoms with Crippen molar-refractivity contribution < 1.29 is 4.39 Å². The van der Waals surface area contributed by atoms with Crippen LogP contribution in [0.3, 0.4) is 0 Å². The molecule has 2 rings (SSSR count). The molecule has 2 aromatic rings. The fourth-order valence-electron chi connectivity index (χ4n) is 1.24. The summed E-state index contributed by atoms with van der Waals surface area (Å²) in [6.45, 7) is 0.423. The molecule has 0 spiro atoms. The molecule has 0 fully saturated rings. The minimum absolute atomic E-state index is 0.230. The quantitative estimate of drug-likeness (QED) is 0.823. The van der Waals surface area contributed by atoms with Crippen molar-refractivity contribution in [3.8, 4) is 10.4 Å². The molecule has 0 radical (unpaired) electrons. The summed E-state index contributed by atoms with van der Waals surface area (Å²) < 4.78 is 17.3. The lowest BCUT2D eigenvalue weighted by Gasteiger charge is -2.02. The summed E-state index contributed by atoms with van der Waals surface area (Å²) in [5.41, 5.74) is 6.99. The maximum atomic E-state index is 13.4. The van der Waals surface area contributed by atoms with Gasteiger partial charge in [0.2, 0.25) is 0 Å². The third kappa shape index (κ3) is 1.66. The number of halogens is 1. The van der Waals surface area contributed by atoms with Crippen molar-refractivity contribution in [1.82, 2.24) is 4.37 Å². The monoisotopic (exact) mass is 208 g/mol. The number of aromatic nitrogens is 1. The molecule has 1 heterocycles. The summed E-state index contributed by atoms with van der Waals surface area (Å²) in [6.07, 6.45) is 1.66. The van der Waals surface area contributed by atoms with E-state index in [2.05, 4.69) is 4.37 Å². The van der Waals surface area contributed by atoms with Crippen molar-refractivity contribution in [3.05, 3.63) is 41.8 Å². The van der Waals surface area contributed by atoms with Gasteiger partial charge in [-0.05, 0) is 35.3 Å². The van der Waals surface area contributed by atoms with Gasteiger partial charge in [0.15, 0.2) is 0 Å². The van der Waals surface area contributed by atoms with Gasteiger partial charge in [-0.25, -0.2) is 8.76 Å². The Morgan fingerprint density at radius 2 is 2.21 bits per heavy atom. The molecule has 4 heteroatoms. The van der Waals surface area contributed by atoms with E-state index in [0.717, 1.165) is 10.4 Å². The smallest absolute Gasteiger partial charge is 0.131 e. The molecule has 72 valence electrons. The lowest BCUT2D eigenvalue weighted by Crippen LogP contribution is -1.96. The van der Waals surface area contributed by atoms with Crippen LogP contribution in [0.4, 0.5) is 4.39 Å². The second-order valence-electron chi connectivity index (χ2n) is 2.90. The van der Waals surface area contributed by atoms with Crippen molar-refractivity contribution in [2.75, 3.05) is 0 Å². The number of hydrogen-bond donors (Lipinski definition) is 1. The minimum atomic E-state index is -0.230. The van der Waals surface area contributed by atoms with E-state index < -0.39 is 0 Å². The molecule has 14 heavy (non-hydrogen) atoms. The van der Waals surface area contributed by atoms with Crippen LogP contribution >= 0.6 is 11.5 Å². The van der Waals surface area contributed by atoms with E-state index in [1.54, 1.807) is 24.4 Å². The number of nitrogens with two attached hydrogens (primary N) is 1. The third-order valence-electron chi connectivity index (χ3n) is 1.97. The molecule has 0 amide bonds. The van der Waals surface area contributed by atoms with Crippen molar-refractivity contribution in [2.45, 2.75) is 6.54 Å². The van der Waals surface area contributed by atoms with Crippen LogP contribution in [0.15, 0.2) is 30.5 Å². The maximum absolute atomic E-state index is 13.4. The highest BCUT2D eigenvalue weighted by Gasteiger charge is 2.06. The van der Waals surface area contributed by atoms with Gasteiger partial charge in [0.05, 0.1) is 4.88 Å². The van der Waals surface area contributed by atoms with Crippen molar-refractivity contribution in [3.63, 3.8) is 0 Å². The second-order valence-corrected chi connectivity index (χ2v) is 3.73. The van der Waals surface area contributed by atoms with E-state index in [4.69, 9.17) is 5.73 Å². The Labute approximate surface area is 85.4 Å². The third-order valence-corrected chi connectivity index (χ3v) is 2.75. The second kappa shape index (κ2) is 3.86. The summed E-state index contributed by atoms with van der Waals surface area (Å²) in [7, 11) is 0. The molecule has 0 saturated carbocycles. The molecule has 0 unspecified atom stereocenters. The molecular weight excluding hydrogens is 199 g/mol. The minimum Gasteiger partial charge on any atom is -0.326 e. The molecule has 2 nitrogen and oxygen atoms in total. The molecule has 2 N–H and O–H groups in total. The van der Waals surface area contributed by atoms with E-state index in [1.807, 2.05) is 0 Å². The Morgan fingerprint density at radius 1 is 1.36 bits per heavy atom. The molecule has 0 atom stereocenters. The fourth-order valence-corrected chi connectivity index (χ4v) is 1.85. The zero-order valence-corrected chi connectivity index (χ0v) is 8.22. The standard InChI is InChI=1S/C10H9FN2S/c11-9-2-1-7(6-12)5-8(9)10-3-4-13-14-10/h1-5H,6,12H2. The van der Waals surface area contributed by atoms with E-state index in [0.29, 0.717) is 12.1 Å². The Bertz CT molecular complexity index is 426. The van der Waals surface area contributed by atoms with Crippen LogP contribution in [-0.2, 0) is 6.54 Å². The fraction of sp³-hybridized carbons (Fsp3) is 0.100. The van der Waals surface area contributed by atoms with Gasteiger partial charge in [-0.1, -0.05) is 6.07 Å². The lowest BCUT2D eigenvalue weighted by molar-refractivity contribution is 0.631. The SMILES string of the molecule is NCc1ccc(F)c(-c2ccns2)c1. The van der Waals surface area contributed by atoms with Crippen LogP contribution in [0.5, 0.6) is 0 Å². The van der Waals surface area contributed by atoms with Gasteiger partial charge in [-0.2, -0.15) is 0 Å². The molecule has 0 bridgehead atoms. The summed E-state index contributed by atoms with van der Waals surface area (Å²) in [4.78, 5) is 0.831.